The van der Waals surface area contributed by atoms with Crippen LogP contribution in [0.25, 0.3) is 11.3 Å². The molecule has 0 saturated heterocycles. The van der Waals surface area contributed by atoms with Gasteiger partial charge in [-0.1, -0.05) is 5.16 Å². The fourth-order valence-corrected chi connectivity index (χ4v) is 1.59. The molecule has 0 aliphatic heterocycles. The van der Waals surface area contributed by atoms with E-state index in [0.717, 1.165) is 12.1 Å². The first-order valence-electron chi connectivity index (χ1n) is 5.27. The maximum absolute atomic E-state index is 12.6. The van der Waals surface area contributed by atoms with E-state index in [9.17, 15) is 13.2 Å². The molecule has 0 saturated carbocycles. The Morgan fingerprint density at radius 1 is 1.32 bits per heavy atom. The Labute approximate surface area is 106 Å². The van der Waals surface area contributed by atoms with Crippen molar-refractivity contribution in [2.24, 2.45) is 0 Å². The highest BCUT2D eigenvalue weighted by Crippen LogP contribution is 2.36. The van der Waals surface area contributed by atoms with E-state index in [1.54, 1.807) is 0 Å². The Hall–Kier alpha value is -2.02. The average Bonchev–Trinajstić information content (AvgIpc) is 2.85. The van der Waals surface area contributed by atoms with E-state index in [2.05, 4.69) is 5.16 Å². The smallest absolute Gasteiger partial charge is 0.416 e. The molecule has 1 aromatic heterocycles. The van der Waals surface area contributed by atoms with Crippen LogP contribution in [0.1, 0.15) is 11.3 Å². The molecule has 0 atom stereocenters. The zero-order chi connectivity index (χ0) is 14.0. The van der Waals surface area contributed by atoms with Crippen LogP contribution in [-0.2, 0) is 12.8 Å². The summed E-state index contributed by atoms with van der Waals surface area (Å²) in [5.41, 5.74) is -0.146. The molecule has 4 nitrogen and oxygen atoms in total. The van der Waals surface area contributed by atoms with Gasteiger partial charge in [0.05, 0.1) is 12.7 Å². The standard InChI is InChI=1S/C12H10F3NO3/c1-18-11-4-7(12(13,14)15)2-3-9(11)10-5-8(6-17)19-16-10/h2-5,17H,6H2,1H3. The molecule has 0 aliphatic rings. The minimum Gasteiger partial charge on any atom is -0.496 e. The maximum atomic E-state index is 12.6. The Morgan fingerprint density at radius 2 is 2.05 bits per heavy atom. The van der Waals surface area contributed by atoms with Crippen molar-refractivity contribution in [2.45, 2.75) is 12.8 Å². The van der Waals surface area contributed by atoms with Crippen molar-refractivity contribution >= 4 is 0 Å². The highest BCUT2D eigenvalue weighted by atomic mass is 19.4. The molecule has 2 rings (SSSR count). The van der Waals surface area contributed by atoms with Gasteiger partial charge >= 0.3 is 6.18 Å². The monoisotopic (exact) mass is 273 g/mol. The largest absolute Gasteiger partial charge is 0.496 e. The molecular weight excluding hydrogens is 263 g/mol. The lowest BCUT2D eigenvalue weighted by Crippen LogP contribution is -2.05. The number of nitrogens with zero attached hydrogens (tertiary/aromatic N) is 1. The van der Waals surface area contributed by atoms with Gasteiger partial charge in [0.15, 0.2) is 5.76 Å². The number of rotatable bonds is 3. The second-order valence-electron chi connectivity index (χ2n) is 3.75. The lowest BCUT2D eigenvalue weighted by molar-refractivity contribution is -0.137. The quantitative estimate of drug-likeness (QED) is 0.934. The van der Waals surface area contributed by atoms with Gasteiger partial charge in [-0.15, -0.1) is 0 Å². The van der Waals surface area contributed by atoms with Gasteiger partial charge in [0.1, 0.15) is 18.1 Å². The number of halogens is 3. The van der Waals surface area contributed by atoms with Crippen LogP contribution >= 0.6 is 0 Å². The summed E-state index contributed by atoms with van der Waals surface area (Å²) in [4.78, 5) is 0. The summed E-state index contributed by atoms with van der Waals surface area (Å²) in [6, 6.07) is 4.51. The van der Waals surface area contributed by atoms with Crippen LogP contribution in [0, 0.1) is 0 Å². The molecule has 1 aromatic carbocycles. The number of hydrogen-bond donors (Lipinski definition) is 1. The Kier molecular flexibility index (Phi) is 3.48. The van der Waals surface area contributed by atoms with Crippen LogP contribution in [0.2, 0.25) is 0 Å². The number of aromatic nitrogens is 1. The molecule has 102 valence electrons. The van der Waals surface area contributed by atoms with Gasteiger partial charge in [-0.25, -0.2) is 0 Å². The van der Waals surface area contributed by atoms with Crippen molar-refractivity contribution in [3.8, 4) is 17.0 Å². The Morgan fingerprint density at radius 3 is 2.58 bits per heavy atom. The van der Waals surface area contributed by atoms with Gasteiger partial charge in [0.25, 0.3) is 0 Å². The highest BCUT2D eigenvalue weighted by Gasteiger charge is 2.31. The molecule has 0 fully saturated rings. The van der Waals surface area contributed by atoms with Crippen LogP contribution < -0.4 is 4.74 Å². The van der Waals surface area contributed by atoms with Crippen molar-refractivity contribution in [1.82, 2.24) is 5.16 Å². The van der Waals surface area contributed by atoms with Crippen LogP contribution in [0.3, 0.4) is 0 Å². The van der Waals surface area contributed by atoms with Crippen molar-refractivity contribution in [2.75, 3.05) is 7.11 Å². The lowest BCUT2D eigenvalue weighted by Gasteiger charge is -2.11. The van der Waals surface area contributed by atoms with E-state index in [0.29, 0.717) is 11.3 Å². The fourth-order valence-electron chi connectivity index (χ4n) is 1.59. The van der Waals surface area contributed by atoms with E-state index < -0.39 is 11.7 Å². The topological polar surface area (TPSA) is 55.5 Å². The molecule has 19 heavy (non-hydrogen) atoms. The van der Waals surface area contributed by atoms with Crippen LogP contribution in [0.4, 0.5) is 13.2 Å². The van der Waals surface area contributed by atoms with Crippen molar-refractivity contribution in [3.63, 3.8) is 0 Å². The van der Waals surface area contributed by atoms with Gasteiger partial charge in [0.2, 0.25) is 0 Å². The normalized spacial score (nSPS) is 11.6. The first kappa shape index (κ1) is 13.4. The van der Waals surface area contributed by atoms with Crippen LogP contribution in [-0.4, -0.2) is 17.4 Å². The predicted molar refractivity (Wildman–Crippen MR) is 59.4 cm³/mol. The van der Waals surface area contributed by atoms with Crippen molar-refractivity contribution < 1.29 is 27.5 Å². The SMILES string of the molecule is COc1cc(C(F)(F)F)ccc1-c1cc(CO)on1. The van der Waals surface area contributed by atoms with E-state index >= 15 is 0 Å². The zero-order valence-electron chi connectivity index (χ0n) is 9.86. The molecule has 0 unspecified atom stereocenters. The molecule has 0 amide bonds. The first-order valence-corrected chi connectivity index (χ1v) is 5.27. The van der Waals surface area contributed by atoms with Crippen LogP contribution in [0.15, 0.2) is 28.8 Å². The summed E-state index contributed by atoms with van der Waals surface area (Å²) < 4.78 is 47.4. The second kappa shape index (κ2) is 4.93. The number of aliphatic hydroxyl groups is 1. The molecular formula is C12H10F3NO3. The second-order valence-corrected chi connectivity index (χ2v) is 3.75. The third kappa shape index (κ3) is 2.70. The predicted octanol–water partition coefficient (Wildman–Crippen LogP) is 2.86. The molecule has 7 heteroatoms. The molecule has 0 spiro atoms. The minimum absolute atomic E-state index is 0.0348. The summed E-state index contributed by atoms with van der Waals surface area (Å²) in [6.07, 6.45) is -4.44. The average molecular weight is 273 g/mol. The number of methoxy groups -OCH3 is 1. The summed E-state index contributed by atoms with van der Waals surface area (Å²) in [7, 11) is 1.27. The van der Waals surface area contributed by atoms with E-state index in [1.165, 1.54) is 19.2 Å². The van der Waals surface area contributed by atoms with Crippen molar-refractivity contribution in [1.29, 1.82) is 0 Å². The van der Waals surface area contributed by atoms with Crippen molar-refractivity contribution in [3.05, 3.63) is 35.6 Å². The van der Waals surface area contributed by atoms with E-state index in [4.69, 9.17) is 14.4 Å². The maximum Gasteiger partial charge on any atom is 0.416 e. The zero-order valence-corrected chi connectivity index (χ0v) is 9.86. The Balaban J connectivity index is 2.46. The minimum atomic E-state index is -4.44. The number of aliphatic hydroxyl groups excluding tert-OH is 1. The summed E-state index contributed by atoms with van der Waals surface area (Å²) in [6.45, 7) is -0.337. The third-order valence-electron chi connectivity index (χ3n) is 2.52. The molecule has 0 bridgehead atoms. The number of hydrogen-bond acceptors (Lipinski definition) is 4. The van der Waals surface area contributed by atoms with Gasteiger partial charge in [-0.2, -0.15) is 13.2 Å². The molecule has 1 heterocycles. The van der Waals surface area contributed by atoms with E-state index in [1.807, 2.05) is 0 Å². The fraction of sp³-hybridized carbons (Fsp3) is 0.250. The van der Waals surface area contributed by atoms with Crippen LogP contribution in [0.5, 0.6) is 5.75 Å². The lowest BCUT2D eigenvalue weighted by atomic mass is 10.1. The molecule has 0 aliphatic carbocycles. The van der Waals surface area contributed by atoms with Gasteiger partial charge in [-0.05, 0) is 18.2 Å². The number of ether oxygens (including phenoxy) is 1. The first-order chi connectivity index (χ1) is 8.95. The Bertz CT molecular complexity index is 578. The number of alkyl halides is 3. The highest BCUT2D eigenvalue weighted by molar-refractivity contribution is 5.67. The summed E-state index contributed by atoms with van der Waals surface area (Å²) >= 11 is 0. The molecule has 2 aromatic rings. The summed E-state index contributed by atoms with van der Waals surface area (Å²) in [5, 5.41) is 12.5. The van der Waals surface area contributed by atoms with E-state index in [-0.39, 0.29) is 18.1 Å². The van der Waals surface area contributed by atoms with Gasteiger partial charge in [-0.3, -0.25) is 0 Å². The molecule has 1 N–H and O–H groups in total. The van der Waals surface area contributed by atoms with Gasteiger partial charge in [0, 0.05) is 11.6 Å². The number of benzene rings is 1. The summed E-state index contributed by atoms with van der Waals surface area (Å²) in [5.74, 6) is 0.254. The molecule has 0 radical (unpaired) electrons. The third-order valence-corrected chi connectivity index (χ3v) is 2.52. The van der Waals surface area contributed by atoms with Gasteiger partial charge < -0.3 is 14.4 Å².